The number of aromatic hydroxyl groups is 1. The number of carbonyl (C=O) groups excluding carboxylic acids is 1. The summed E-state index contributed by atoms with van der Waals surface area (Å²) in [6.07, 6.45) is 0. The lowest BCUT2D eigenvalue weighted by Crippen LogP contribution is -2.07. The first-order chi connectivity index (χ1) is 6.56. The van der Waals surface area contributed by atoms with Crippen LogP contribution in [0.5, 0.6) is 5.75 Å². The maximum Gasteiger partial charge on any atom is 0.341 e. The first-order valence-corrected chi connectivity index (χ1v) is 4.70. The van der Waals surface area contributed by atoms with Crippen LogP contribution in [0.2, 0.25) is 0 Å². The second-order valence-corrected chi connectivity index (χ2v) is 3.36. The molecule has 0 aliphatic rings. The molecule has 5 heteroatoms. The number of halogens is 2. The molecule has 0 saturated heterocycles. The Kier molecular flexibility index (Phi) is 3.46. The molecule has 1 N–H and O–H groups in total. The van der Waals surface area contributed by atoms with E-state index in [0.717, 1.165) is 6.07 Å². The van der Waals surface area contributed by atoms with Crippen molar-refractivity contribution >= 4 is 21.9 Å². The lowest BCUT2D eigenvalue weighted by Gasteiger charge is -2.04. The summed E-state index contributed by atoms with van der Waals surface area (Å²) in [5.74, 6) is -1.80. The normalized spacial score (nSPS) is 9.93. The van der Waals surface area contributed by atoms with Gasteiger partial charge in [0.15, 0.2) is 0 Å². The quantitative estimate of drug-likeness (QED) is 0.834. The predicted molar refractivity (Wildman–Crippen MR) is 51.7 cm³/mol. The molecule has 0 amide bonds. The molecule has 0 aromatic heterocycles. The van der Waals surface area contributed by atoms with Gasteiger partial charge in [-0.1, -0.05) is 0 Å². The lowest BCUT2D eigenvalue weighted by molar-refractivity contribution is 0.0521. The van der Waals surface area contributed by atoms with E-state index in [0.29, 0.717) is 0 Å². The highest BCUT2D eigenvalue weighted by molar-refractivity contribution is 9.10. The van der Waals surface area contributed by atoms with E-state index >= 15 is 0 Å². The topological polar surface area (TPSA) is 46.5 Å². The fraction of sp³-hybridized carbons (Fsp3) is 0.222. The number of rotatable bonds is 2. The number of esters is 1. The minimum Gasteiger partial charge on any atom is -0.507 e. The molecule has 1 aromatic rings. The van der Waals surface area contributed by atoms with Gasteiger partial charge in [0.25, 0.3) is 0 Å². The van der Waals surface area contributed by atoms with Crippen molar-refractivity contribution in [2.45, 2.75) is 6.92 Å². The lowest BCUT2D eigenvalue weighted by atomic mass is 10.2. The highest BCUT2D eigenvalue weighted by Crippen LogP contribution is 2.27. The SMILES string of the molecule is CCOC(=O)c1cc(Br)c(O)cc1F. The Labute approximate surface area is 88.6 Å². The third kappa shape index (κ3) is 2.23. The maximum atomic E-state index is 13.1. The fourth-order valence-electron chi connectivity index (χ4n) is 0.902. The molecule has 14 heavy (non-hydrogen) atoms. The van der Waals surface area contributed by atoms with E-state index in [4.69, 9.17) is 5.11 Å². The minimum absolute atomic E-state index is 0.177. The molecule has 0 spiro atoms. The Morgan fingerprint density at radius 3 is 2.86 bits per heavy atom. The summed E-state index contributed by atoms with van der Waals surface area (Å²) in [4.78, 5) is 11.2. The molecule has 0 saturated carbocycles. The average Bonchev–Trinajstić information content (AvgIpc) is 2.11. The first kappa shape index (κ1) is 11.0. The molecule has 0 radical (unpaired) electrons. The van der Waals surface area contributed by atoms with E-state index in [9.17, 15) is 9.18 Å². The zero-order valence-corrected chi connectivity index (χ0v) is 8.97. The van der Waals surface area contributed by atoms with Crippen molar-refractivity contribution in [2.75, 3.05) is 6.61 Å². The molecule has 3 nitrogen and oxygen atoms in total. The summed E-state index contributed by atoms with van der Waals surface area (Å²) in [7, 11) is 0. The number of phenols is 1. The smallest absolute Gasteiger partial charge is 0.341 e. The van der Waals surface area contributed by atoms with Crippen LogP contribution in [0, 0.1) is 5.82 Å². The van der Waals surface area contributed by atoms with Crippen molar-refractivity contribution in [3.8, 4) is 5.75 Å². The second kappa shape index (κ2) is 4.41. The molecule has 0 aliphatic heterocycles. The molecule has 0 aliphatic carbocycles. The van der Waals surface area contributed by atoms with Crippen LogP contribution in [0.25, 0.3) is 0 Å². The van der Waals surface area contributed by atoms with Gasteiger partial charge in [0.2, 0.25) is 0 Å². The van der Waals surface area contributed by atoms with Crippen LogP contribution >= 0.6 is 15.9 Å². The summed E-state index contributed by atoms with van der Waals surface area (Å²) < 4.78 is 18.0. The Morgan fingerprint density at radius 1 is 1.64 bits per heavy atom. The number of hydrogen-bond acceptors (Lipinski definition) is 3. The molecule has 0 unspecified atom stereocenters. The van der Waals surface area contributed by atoms with E-state index in [2.05, 4.69) is 20.7 Å². The van der Waals surface area contributed by atoms with Crippen LogP contribution in [0.3, 0.4) is 0 Å². The van der Waals surface area contributed by atoms with Gasteiger partial charge in [0.05, 0.1) is 16.6 Å². The third-order valence-corrected chi connectivity index (χ3v) is 2.17. The standard InChI is InChI=1S/C9H8BrFO3/c1-2-14-9(13)5-3-6(10)8(12)4-7(5)11/h3-4,12H,2H2,1H3. The van der Waals surface area contributed by atoms with Crippen molar-refractivity contribution in [1.29, 1.82) is 0 Å². The van der Waals surface area contributed by atoms with Gasteiger partial charge in [0, 0.05) is 6.07 Å². The Balaban J connectivity index is 3.09. The van der Waals surface area contributed by atoms with Gasteiger partial charge in [-0.2, -0.15) is 0 Å². The van der Waals surface area contributed by atoms with Gasteiger partial charge in [-0.05, 0) is 28.9 Å². The molecule has 0 heterocycles. The number of carbonyl (C=O) groups is 1. The van der Waals surface area contributed by atoms with Crippen LogP contribution < -0.4 is 0 Å². The minimum atomic E-state index is -0.802. The highest BCUT2D eigenvalue weighted by Gasteiger charge is 2.15. The number of benzene rings is 1. The van der Waals surface area contributed by atoms with Gasteiger partial charge in [-0.3, -0.25) is 0 Å². The summed E-state index contributed by atoms with van der Waals surface area (Å²) >= 11 is 2.98. The molecular weight excluding hydrogens is 255 g/mol. The zero-order valence-electron chi connectivity index (χ0n) is 7.38. The summed E-state index contributed by atoms with van der Waals surface area (Å²) in [5, 5.41) is 9.10. The number of phenolic OH excluding ortho intramolecular Hbond substituents is 1. The Hall–Kier alpha value is -1.10. The average molecular weight is 263 g/mol. The fourth-order valence-corrected chi connectivity index (χ4v) is 1.24. The largest absolute Gasteiger partial charge is 0.507 e. The van der Waals surface area contributed by atoms with Gasteiger partial charge in [-0.15, -0.1) is 0 Å². The molecule has 76 valence electrons. The van der Waals surface area contributed by atoms with Crippen molar-refractivity contribution in [3.63, 3.8) is 0 Å². The van der Waals surface area contributed by atoms with Crippen LogP contribution in [-0.2, 0) is 4.74 Å². The van der Waals surface area contributed by atoms with Gasteiger partial charge in [0.1, 0.15) is 11.6 Å². The second-order valence-electron chi connectivity index (χ2n) is 2.50. The van der Waals surface area contributed by atoms with Crippen LogP contribution in [-0.4, -0.2) is 17.7 Å². The van der Waals surface area contributed by atoms with E-state index < -0.39 is 11.8 Å². The monoisotopic (exact) mass is 262 g/mol. The first-order valence-electron chi connectivity index (χ1n) is 3.91. The van der Waals surface area contributed by atoms with E-state index in [1.807, 2.05) is 0 Å². The van der Waals surface area contributed by atoms with E-state index in [-0.39, 0.29) is 22.4 Å². The van der Waals surface area contributed by atoms with E-state index in [1.54, 1.807) is 6.92 Å². The van der Waals surface area contributed by atoms with Crippen LogP contribution in [0.4, 0.5) is 4.39 Å². The Morgan fingerprint density at radius 2 is 2.29 bits per heavy atom. The van der Waals surface area contributed by atoms with Gasteiger partial charge >= 0.3 is 5.97 Å². The molecule has 0 atom stereocenters. The number of ether oxygens (including phenoxy) is 1. The van der Waals surface area contributed by atoms with Crippen molar-refractivity contribution in [2.24, 2.45) is 0 Å². The van der Waals surface area contributed by atoms with Crippen molar-refractivity contribution in [3.05, 3.63) is 28.0 Å². The van der Waals surface area contributed by atoms with Crippen molar-refractivity contribution in [1.82, 2.24) is 0 Å². The summed E-state index contributed by atoms with van der Waals surface area (Å²) in [6.45, 7) is 1.81. The predicted octanol–water partition coefficient (Wildman–Crippen LogP) is 2.47. The van der Waals surface area contributed by atoms with Crippen LogP contribution in [0.1, 0.15) is 17.3 Å². The van der Waals surface area contributed by atoms with Gasteiger partial charge in [-0.25, -0.2) is 9.18 Å². The molecule has 0 fully saturated rings. The Bertz CT molecular complexity index is 365. The van der Waals surface area contributed by atoms with Crippen LogP contribution in [0.15, 0.2) is 16.6 Å². The summed E-state index contributed by atoms with van der Waals surface area (Å²) in [6, 6.07) is 2.04. The third-order valence-electron chi connectivity index (χ3n) is 1.53. The highest BCUT2D eigenvalue weighted by atomic mass is 79.9. The van der Waals surface area contributed by atoms with Gasteiger partial charge < -0.3 is 9.84 Å². The maximum absolute atomic E-state index is 13.1. The molecule has 1 rings (SSSR count). The number of hydrogen-bond donors (Lipinski definition) is 1. The molecule has 0 bridgehead atoms. The summed E-state index contributed by atoms with van der Waals surface area (Å²) in [5.41, 5.74) is -0.198. The zero-order chi connectivity index (χ0) is 10.7. The molecular formula is C9H8BrFO3. The molecule has 1 aromatic carbocycles. The van der Waals surface area contributed by atoms with Crippen molar-refractivity contribution < 1.29 is 19.0 Å². The van der Waals surface area contributed by atoms with E-state index in [1.165, 1.54) is 6.07 Å².